The lowest BCUT2D eigenvalue weighted by molar-refractivity contribution is -0.384. The summed E-state index contributed by atoms with van der Waals surface area (Å²) in [5, 5.41) is 10.8. The highest BCUT2D eigenvalue weighted by atomic mass is 16.6. The van der Waals surface area contributed by atoms with Crippen LogP contribution in [-0.4, -0.2) is 20.7 Å². The van der Waals surface area contributed by atoms with Crippen molar-refractivity contribution in [3.05, 3.63) is 46.4 Å². The Bertz CT molecular complexity index is 618. The second-order valence-corrected chi connectivity index (χ2v) is 3.41. The third-order valence-electron chi connectivity index (χ3n) is 2.24. The van der Waals surface area contributed by atoms with Crippen LogP contribution >= 0.6 is 0 Å². The Hall–Kier alpha value is -2.90. The van der Waals surface area contributed by atoms with Crippen LogP contribution in [0.4, 0.5) is 17.2 Å². The Labute approximate surface area is 102 Å². The van der Waals surface area contributed by atoms with Gasteiger partial charge in [0.15, 0.2) is 11.7 Å². The number of nitrogen functional groups attached to an aromatic ring is 1. The van der Waals surface area contributed by atoms with Gasteiger partial charge in [-0.25, -0.2) is 9.98 Å². The van der Waals surface area contributed by atoms with Crippen molar-refractivity contribution >= 4 is 23.0 Å². The first-order chi connectivity index (χ1) is 8.59. The van der Waals surface area contributed by atoms with Gasteiger partial charge >= 0.3 is 0 Å². The lowest BCUT2D eigenvalue weighted by Crippen LogP contribution is -2.15. The van der Waals surface area contributed by atoms with Crippen LogP contribution in [0.15, 0.2) is 35.6 Å². The van der Waals surface area contributed by atoms with Crippen LogP contribution in [-0.2, 0) is 0 Å². The van der Waals surface area contributed by atoms with E-state index in [0.29, 0.717) is 5.69 Å². The van der Waals surface area contributed by atoms with Crippen molar-refractivity contribution < 1.29 is 4.92 Å². The third kappa shape index (κ3) is 2.12. The molecule has 1 heterocycles. The number of hydrogen-bond donors (Lipinski definition) is 3. The number of para-hydroxylation sites is 2. The standard InChI is InChI=1S/C10H10N6O2/c11-9-8(13-5-14-9)10(12)15-6-3-1-2-4-7(6)16(17)18/h1-5H,11H2,(H2,12,15)(H,13,14). The number of imidazole rings is 1. The average Bonchev–Trinajstić information content (AvgIpc) is 2.76. The molecule has 0 saturated heterocycles. The number of aliphatic imine (C=N–C) groups is 1. The zero-order chi connectivity index (χ0) is 13.1. The normalized spacial score (nSPS) is 11.4. The zero-order valence-corrected chi connectivity index (χ0v) is 9.20. The van der Waals surface area contributed by atoms with E-state index in [-0.39, 0.29) is 23.0 Å². The van der Waals surface area contributed by atoms with E-state index in [0.717, 1.165) is 0 Å². The van der Waals surface area contributed by atoms with Gasteiger partial charge in [0.1, 0.15) is 11.4 Å². The smallest absolute Gasteiger partial charge is 0.294 e. The third-order valence-corrected chi connectivity index (χ3v) is 2.24. The number of H-pyrrole nitrogens is 1. The predicted octanol–water partition coefficient (Wildman–Crippen LogP) is 0.937. The van der Waals surface area contributed by atoms with Gasteiger partial charge in [0, 0.05) is 6.07 Å². The minimum atomic E-state index is -0.525. The maximum Gasteiger partial charge on any atom is 0.294 e. The average molecular weight is 246 g/mol. The van der Waals surface area contributed by atoms with E-state index in [4.69, 9.17) is 11.5 Å². The van der Waals surface area contributed by atoms with Gasteiger partial charge in [0.25, 0.3) is 5.69 Å². The van der Waals surface area contributed by atoms with Crippen LogP contribution in [0.3, 0.4) is 0 Å². The van der Waals surface area contributed by atoms with E-state index in [1.54, 1.807) is 12.1 Å². The summed E-state index contributed by atoms with van der Waals surface area (Å²) in [6.45, 7) is 0. The molecule has 1 aromatic carbocycles. The van der Waals surface area contributed by atoms with E-state index in [9.17, 15) is 10.1 Å². The van der Waals surface area contributed by atoms with Crippen LogP contribution in [0.2, 0.25) is 0 Å². The van der Waals surface area contributed by atoms with Crippen LogP contribution in [0.5, 0.6) is 0 Å². The van der Waals surface area contributed by atoms with Gasteiger partial charge < -0.3 is 16.5 Å². The first kappa shape index (κ1) is 11.6. The summed E-state index contributed by atoms with van der Waals surface area (Å²) in [6, 6.07) is 6.04. The van der Waals surface area contributed by atoms with Crippen LogP contribution < -0.4 is 11.5 Å². The van der Waals surface area contributed by atoms with Crippen molar-refractivity contribution in [2.45, 2.75) is 0 Å². The van der Waals surface area contributed by atoms with Crippen molar-refractivity contribution in [3.63, 3.8) is 0 Å². The van der Waals surface area contributed by atoms with Crippen LogP contribution in [0, 0.1) is 10.1 Å². The number of nitro groups is 1. The minimum absolute atomic E-state index is 0.0410. The van der Waals surface area contributed by atoms with Crippen molar-refractivity contribution in [2.75, 3.05) is 5.73 Å². The molecular weight excluding hydrogens is 236 g/mol. The molecule has 2 aromatic rings. The molecule has 0 fully saturated rings. The molecule has 8 heteroatoms. The lowest BCUT2D eigenvalue weighted by atomic mass is 10.2. The number of nitrogens with zero attached hydrogens (tertiary/aromatic N) is 3. The second kappa shape index (κ2) is 4.53. The van der Waals surface area contributed by atoms with Gasteiger partial charge in [0.2, 0.25) is 0 Å². The summed E-state index contributed by atoms with van der Waals surface area (Å²) in [6.07, 6.45) is 1.37. The van der Waals surface area contributed by atoms with E-state index in [1.165, 1.54) is 18.5 Å². The molecule has 0 atom stereocenters. The maximum absolute atomic E-state index is 10.8. The molecule has 0 spiro atoms. The predicted molar refractivity (Wildman–Crippen MR) is 66.5 cm³/mol. The van der Waals surface area contributed by atoms with E-state index >= 15 is 0 Å². The molecule has 1 aromatic heterocycles. The fraction of sp³-hybridized carbons (Fsp3) is 0. The maximum atomic E-state index is 10.8. The van der Waals surface area contributed by atoms with E-state index in [2.05, 4.69) is 15.0 Å². The molecular formula is C10H10N6O2. The highest BCUT2D eigenvalue weighted by Gasteiger charge is 2.13. The topological polar surface area (TPSA) is 136 Å². The number of aromatic nitrogens is 2. The van der Waals surface area contributed by atoms with Gasteiger partial charge in [-0.2, -0.15) is 0 Å². The first-order valence-electron chi connectivity index (χ1n) is 4.96. The molecule has 8 nitrogen and oxygen atoms in total. The fourth-order valence-electron chi connectivity index (χ4n) is 1.41. The summed E-state index contributed by atoms with van der Waals surface area (Å²) < 4.78 is 0. The number of nitrogens with one attached hydrogen (secondary N) is 1. The number of hydrogen-bond acceptors (Lipinski definition) is 5. The SMILES string of the molecule is NC(=Nc1ccccc1[N+](=O)[O-])c1[nH]cnc1N. The van der Waals surface area contributed by atoms with Gasteiger partial charge in [-0.05, 0) is 6.07 Å². The largest absolute Gasteiger partial charge is 0.382 e. The molecule has 0 aliphatic heterocycles. The Balaban J connectivity index is 2.45. The summed E-state index contributed by atoms with van der Waals surface area (Å²) in [5.74, 6) is 0.231. The molecule has 5 N–H and O–H groups in total. The summed E-state index contributed by atoms with van der Waals surface area (Å²) in [7, 11) is 0. The molecule has 0 amide bonds. The van der Waals surface area contributed by atoms with Crippen molar-refractivity contribution in [2.24, 2.45) is 10.7 Å². The van der Waals surface area contributed by atoms with Crippen molar-refractivity contribution in [3.8, 4) is 0 Å². The summed E-state index contributed by atoms with van der Waals surface area (Å²) in [4.78, 5) is 20.7. The lowest BCUT2D eigenvalue weighted by Gasteiger charge is -2.00. The number of aromatic amines is 1. The minimum Gasteiger partial charge on any atom is -0.382 e. The molecule has 0 unspecified atom stereocenters. The number of rotatable bonds is 3. The molecule has 92 valence electrons. The molecule has 0 aliphatic rings. The van der Waals surface area contributed by atoms with Crippen molar-refractivity contribution in [1.29, 1.82) is 0 Å². The highest BCUT2D eigenvalue weighted by Crippen LogP contribution is 2.26. The highest BCUT2D eigenvalue weighted by molar-refractivity contribution is 6.01. The van der Waals surface area contributed by atoms with E-state index in [1.807, 2.05) is 0 Å². The zero-order valence-electron chi connectivity index (χ0n) is 9.20. The van der Waals surface area contributed by atoms with Crippen molar-refractivity contribution in [1.82, 2.24) is 9.97 Å². The molecule has 0 bridgehead atoms. The number of nitro benzene ring substituents is 1. The number of nitrogens with two attached hydrogens (primary N) is 2. The molecule has 0 aliphatic carbocycles. The molecule has 0 saturated carbocycles. The Morgan fingerprint density at radius 2 is 2.17 bits per heavy atom. The number of benzene rings is 1. The van der Waals surface area contributed by atoms with Gasteiger partial charge in [-0.1, -0.05) is 12.1 Å². The van der Waals surface area contributed by atoms with E-state index < -0.39 is 4.92 Å². The van der Waals surface area contributed by atoms with Gasteiger partial charge in [-0.3, -0.25) is 10.1 Å². The van der Waals surface area contributed by atoms with Crippen LogP contribution in [0.25, 0.3) is 0 Å². The first-order valence-corrected chi connectivity index (χ1v) is 4.96. The van der Waals surface area contributed by atoms with Crippen LogP contribution in [0.1, 0.15) is 5.69 Å². The molecule has 0 radical (unpaired) electrons. The summed E-state index contributed by atoms with van der Waals surface area (Å²) in [5.41, 5.74) is 11.6. The second-order valence-electron chi connectivity index (χ2n) is 3.41. The van der Waals surface area contributed by atoms with Gasteiger partial charge in [-0.15, -0.1) is 0 Å². The summed E-state index contributed by atoms with van der Waals surface area (Å²) >= 11 is 0. The monoisotopic (exact) mass is 246 g/mol. The quantitative estimate of drug-likeness (QED) is 0.320. The Kier molecular flexibility index (Phi) is 2.92. The number of amidine groups is 1. The Morgan fingerprint density at radius 1 is 1.44 bits per heavy atom. The molecule has 18 heavy (non-hydrogen) atoms. The Morgan fingerprint density at radius 3 is 2.78 bits per heavy atom. The fourth-order valence-corrected chi connectivity index (χ4v) is 1.41. The molecule has 2 rings (SSSR count). The van der Waals surface area contributed by atoms with Gasteiger partial charge in [0.05, 0.1) is 11.3 Å². The number of anilines is 1.